The fourth-order valence-electron chi connectivity index (χ4n) is 2.40. The van der Waals surface area contributed by atoms with Crippen LogP contribution in [-0.4, -0.2) is 32.3 Å². The quantitative estimate of drug-likeness (QED) is 0.531. The molecule has 0 atom stereocenters. The number of nitrogens with zero attached hydrogens (tertiary/aromatic N) is 3. The number of amides is 2. The molecule has 0 saturated heterocycles. The molecular formula is C19H17Cl2N5O2S. The number of nitrogens with one attached hydrogen (secondary N) is 2. The maximum atomic E-state index is 12.3. The molecule has 10 heteroatoms. The van der Waals surface area contributed by atoms with Gasteiger partial charge in [0.1, 0.15) is 5.82 Å². The zero-order chi connectivity index (χ0) is 20.8. The molecule has 0 radical (unpaired) electrons. The average Bonchev–Trinajstić information content (AvgIpc) is 3.03. The number of carbonyl (C=O) groups excluding carboxylic acids is 2. The molecule has 2 amide bonds. The van der Waals surface area contributed by atoms with Crippen molar-refractivity contribution in [1.82, 2.24) is 14.8 Å². The van der Waals surface area contributed by atoms with Gasteiger partial charge in [0.05, 0.1) is 22.2 Å². The van der Waals surface area contributed by atoms with Gasteiger partial charge in [-0.25, -0.2) is 0 Å². The standard InChI is InChI=1S/C19H17Cl2N5O2S/c1-26-16(10-17(27)23-13-7-8-14(20)15(21)9-13)24-25-19(26)29-11-18(28)22-12-5-3-2-4-6-12/h2-9H,10-11H2,1H3,(H,22,28)(H,23,27). The van der Waals surface area contributed by atoms with Gasteiger partial charge >= 0.3 is 0 Å². The van der Waals surface area contributed by atoms with E-state index in [4.69, 9.17) is 23.2 Å². The predicted octanol–water partition coefficient (Wildman–Crippen LogP) is 4.03. The summed E-state index contributed by atoms with van der Waals surface area (Å²) in [6.07, 6.45) is 0.0283. The molecule has 2 aromatic carbocycles. The zero-order valence-corrected chi connectivity index (χ0v) is 17.7. The van der Waals surface area contributed by atoms with Crippen LogP contribution in [0.3, 0.4) is 0 Å². The van der Waals surface area contributed by atoms with E-state index in [9.17, 15) is 9.59 Å². The SMILES string of the molecule is Cn1c(CC(=O)Nc2ccc(Cl)c(Cl)c2)nnc1SCC(=O)Nc1ccccc1. The second kappa shape index (κ2) is 9.78. The van der Waals surface area contributed by atoms with E-state index in [0.29, 0.717) is 26.7 Å². The molecule has 29 heavy (non-hydrogen) atoms. The summed E-state index contributed by atoms with van der Waals surface area (Å²) in [4.78, 5) is 24.3. The first-order valence-corrected chi connectivity index (χ1v) is 10.3. The number of rotatable bonds is 7. The minimum Gasteiger partial charge on any atom is -0.326 e. The van der Waals surface area contributed by atoms with Gasteiger partial charge in [-0.3, -0.25) is 9.59 Å². The number of para-hydroxylation sites is 1. The van der Waals surface area contributed by atoms with E-state index >= 15 is 0 Å². The summed E-state index contributed by atoms with van der Waals surface area (Å²) < 4.78 is 1.69. The molecule has 0 bridgehead atoms. The van der Waals surface area contributed by atoms with Crippen molar-refractivity contribution in [3.8, 4) is 0 Å². The van der Waals surface area contributed by atoms with E-state index in [2.05, 4.69) is 20.8 Å². The van der Waals surface area contributed by atoms with Crippen LogP contribution in [0.5, 0.6) is 0 Å². The molecule has 3 aromatic rings. The van der Waals surface area contributed by atoms with Gasteiger partial charge < -0.3 is 15.2 Å². The molecule has 7 nitrogen and oxygen atoms in total. The molecule has 0 unspecified atom stereocenters. The first kappa shape index (κ1) is 21.2. The third kappa shape index (κ3) is 5.96. The summed E-state index contributed by atoms with van der Waals surface area (Å²) >= 11 is 13.1. The van der Waals surface area contributed by atoms with E-state index in [1.165, 1.54) is 11.8 Å². The number of hydrogen-bond donors (Lipinski definition) is 2. The number of anilines is 2. The molecule has 0 aliphatic carbocycles. The molecule has 150 valence electrons. The lowest BCUT2D eigenvalue weighted by molar-refractivity contribution is -0.116. The Morgan fingerprint density at radius 3 is 2.41 bits per heavy atom. The summed E-state index contributed by atoms with van der Waals surface area (Å²) in [6, 6.07) is 14.0. The highest BCUT2D eigenvalue weighted by Crippen LogP contribution is 2.25. The molecule has 0 aliphatic rings. The summed E-state index contributed by atoms with van der Waals surface area (Å²) in [5.74, 6) is 0.241. The highest BCUT2D eigenvalue weighted by Gasteiger charge is 2.15. The van der Waals surface area contributed by atoms with Crippen LogP contribution in [-0.2, 0) is 23.1 Å². The number of carbonyl (C=O) groups is 2. The van der Waals surface area contributed by atoms with Crippen molar-refractivity contribution in [2.75, 3.05) is 16.4 Å². The largest absolute Gasteiger partial charge is 0.326 e. The van der Waals surface area contributed by atoms with E-state index < -0.39 is 0 Å². The molecule has 0 saturated carbocycles. The normalized spacial score (nSPS) is 10.6. The third-order valence-corrected chi connectivity index (χ3v) is 5.60. The van der Waals surface area contributed by atoms with Crippen LogP contribution >= 0.6 is 35.0 Å². The van der Waals surface area contributed by atoms with Crippen molar-refractivity contribution >= 4 is 58.2 Å². The zero-order valence-electron chi connectivity index (χ0n) is 15.4. The van der Waals surface area contributed by atoms with Gasteiger partial charge in [0.25, 0.3) is 0 Å². The van der Waals surface area contributed by atoms with Crippen molar-refractivity contribution in [1.29, 1.82) is 0 Å². The number of benzene rings is 2. The van der Waals surface area contributed by atoms with Crippen LogP contribution in [0.4, 0.5) is 11.4 Å². The Labute approximate surface area is 181 Å². The lowest BCUT2D eigenvalue weighted by Gasteiger charge is -2.07. The first-order valence-electron chi connectivity index (χ1n) is 8.53. The maximum Gasteiger partial charge on any atom is 0.234 e. The van der Waals surface area contributed by atoms with E-state index in [1.54, 1.807) is 29.8 Å². The van der Waals surface area contributed by atoms with Crippen LogP contribution in [0.15, 0.2) is 53.7 Å². The molecule has 0 aliphatic heterocycles. The number of halogens is 2. The molecule has 1 heterocycles. The molecule has 0 fully saturated rings. The summed E-state index contributed by atoms with van der Waals surface area (Å²) in [7, 11) is 1.75. The minimum absolute atomic E-state index is 0.0283. The van der Waals surface area contributed by atoms with Gasteiger partial charge in [-0.2, -0.15) is 0 Å². The topological polar surface area (TPSA) is 88.9 Å². The van der Waals surface area contributed by atoms with Crippen LogP contribution in [0, 0.1) is 0 Å². The fourth-order valence-corrected chi connectivity index (χ4v) is 3.42. The van der Waals surface area contributed by atoms with Gasteiger partial charge in [0.15, 0.2) is 5.16 Å². The first-order chi connectivity index (χ1) is 13.9. The third-order valence-electron chi connectivity index (χ3n) is 3.84. The number of aromatic nitrogens is 3. The molecular weight excluding hydrogens is 433 g/mol. The molecule has 2 N–H and O–H groups in total. The summed E-state index contributed by atoms with van der Waals surface area (Å²) in [6.45, 7) is 0. The predicted molar refractivity (Wildman–Crippen MR) is 116 cm³/mol. The maximum absolute atomic E-state index is 12.3. The van der Waals surface area contributed by atoms with Crippen molar-refractivity contribution in [2.45, 2.75) is 11.6 Å². The van der Waals surface area contributed by atoms with Gasteiger partial charge in [-0.1, -0.05) is 53.2 Å². The van der Waals surface area contributed by atoms with Crippen LogP contribution in [0.25, 0.3) is 0 Å². The number of hydrogen-bond acceptors (Lipinski definition) is 5. The Morgan fingerprint density at radius 1 is 0.966 bits per heavy atom. The van der Waals surface area contributed by atoms with Crippen LogP contribution < -0.4 is 10.6 Å². The van der Waals surface area contributed by atoms with Gasteiger partial charge in [0.2, 0.25) is 11.8 Å². The van der Waals surface area contributed by atoms with Gasteiger partial charge in [-0.05, 0) is 30.3 Å². The van der Waals surface area contributed by atoms with E-state index in [0.717, 1.165) is 5.69 Å². The van der Waals surface area contributed by atoms with E-state index in [-0.39, 0.29) is 24.0 Å². The lowest BCUT2D eigenvalue weighted by atomic mass is 10.3. The van der Waals surface area contributed by atoms with Gasteiger partial charge in [-0.15, -0.1) is 10.2 Å². The van der Waals surface area contributed by atoms with E-state index in [1.807, 2.05) is 30.3 Å². The van der Waals surface area contributed by atoms with Crippen molar-refractivity contribution < 1.29 is 9.59 Å². The highest BCUT2D eigenvalue weighted by atomic mass is 35.5. The molecule has 1 aromatic heterocycles. The highest BCUT2D eigenvalue weighted by molar-refractivity contribution is 7.99. The Kier molecular flexibility index (Phi) is 7.13. The second-order valence-corrected chi connectivity index (χ2v) is 7.77. The van der Waals surface area contributed by atoms with Crippen molar-refractivity contribution in [2.24, 2.45) is 7.05 Å². The van der Waals surface area contributed by atoms with Crippen LogP contribution in [0.2, 0.25) is 10.0 Å². The van der Waals surface area contributed by atoms with Crippen LogP contribution in [0.1, 0.15) is 5.82 Å². The average molecular weight is 450 g/mol. The Balaban J connectivity index is 1.53. The Bertz CT molecular complexity index is 1030. The lowest BCUT2D eigenvalue weighted by Crippen LogP contribution is -2.17. The summed E-state index contributed by atoms with van der Waals surface area (Å²) in [5.41, 5.74) is 1.27. The van der Waals surface area contributed by atoms with Crippen molar-refractivity contribution in [3.63, 3.8) is 0 Å². The molecule has 0 spiro atoms. The monoisotopic (exact) mass is 449 g/mol. The Morgan fingerprint density at radius 2 is 1.69 bits per heavy atom. The van der Waals surface area contributed by atoms with Crippen molar-refractivity contribution in [3.05, 3.63) is 64.4 Å². The second-order valence-electron chi connectivity index (χ2n) is 6.01. The smallest absolute Gasteiger partial charge is 0.234 e. The Hall–Kier alpha value is -2.55. The summed E-state index contributed by atoms with van der Waals surface area (Å²) in [5, 5.41) is 15.0. The number of thioether (sulfide) groups is 1. The fraction of sp³-hybridized carbons (Fsp3) is 0.158. The van der Waals surface area contributed by atoms with Gasteiger partial charge in [0, 0.05) is 18.4 Å². The molecule has 3 rings (SSSR count). The minimum atomic E-state index is -0.266.